The lowest BCUT2D eigenvalue weighted by Gasteiger charge is -2.15. The quantitative estimate of drug-likeness (QED) is 0.594. The average Bonchev–Trinajstić information content (AvgIpc) is 2.45. The summed E-state index contributed by atoms with van der Waals surface area (Å²) >= 11 is 0. The van der Waals surface area contributed by atoms with E-state index in [4.69, 9.17) is 0 Å². The summed E-state index contributed by atoms with van der Waals surface area (Å²) in [5, 5.41) is 0. The van der Waals surface area contributed by atoms with E-state index in [0.717, 1.165) is 0 Å². The molecular weight excluding hydrogens is 170 g/mol. The molecule has 0 atom stereocenters. The Hall–Kier alpha value is -1.24. The standard InChI is InChI=1S/C13H17N/c1-10-5-6-12-7-11(13(2,3)4)9-14(12)8-10/h5-9H,1-4H3. The smallest absolute Gasteiger partial charge is 0.0453 e. The number of pyridine rings is 1. The molecule has 0 saturated carbocycles. The molecule has 2 heterocycles. The van der Waals surface area contributed by atoms with Gasteiger partial charge in [0.05, 0.1) is 0 Å². The van der Waals surface area contributed by atoms with E-state index in [1.807, 2.05) is 0 Å². The molecule has 0 aromatic carbocycles. The number of fused-ring (bicyclic) bond motifs is 1. The zero-order chi connectivity index (χ0) is 10.3. The lowest BCUT2D eigenvalue weighted by molar-refractivity contribution is 0.590. The molecule has 2 rings (SSSR count). The van der Waals surface area contributed by atoms with Gasteiger partial charge in [0, 0.05) is 17.9 Å². The van der Waals surface area contributed by atoms with Crippen molar-refractivity contribution in [1.29, 1.82) is 0 Å². The Balaban J connectivity index is 2.63. The van der Waals surface area contributed by atoms with E-state index in [0.29, 0.717) is 0 Å². The van der Waals surface area contributed by atoms with Gasteiger partial charge in [0.15, 0.2) is 0 Å². The maximum atomic E-state index is 2.26. The van der Waals surface area contributed by atoms with E-state index < -0.39 is 0 Å². The molecule has 0 N–H and O–H groups in total. The largest absolute Gasteiger partial charge is 0.323 e. The van der Waals surface area contributed by atoms with Crippen LogP contribution in [0.2, 0.25) is 0 Å². The van der Waals surface area contributed by atoms with Gasteiger partial charge in [-0.1, -0.05) is 26.8 Å². The molecule has 0 aliphatic heterocycles. The van der Waals surface area contributed by atoms with Gasteiger partial charge < -0.3 is 4.40 Å². The molecule has 2 aromatic rings. The Bertz CT molecular complexity index is 458. The second-order valence-corrected chi connectivity index (χ2v) is 5.02. The highest BCUT2D eigenvalue weighted by molar-refractivity contribution is 5.52. The van der Waals surface area contributed by atoms with Gasteiger partial charge in [-0.05, 0) is 35.6 Å². The number of hydrogen-bond acceptors (Lipinski definition) is 0. The molecule has 14 heavy (non-hydrogen) atoms. The fraction of sp³-hybridized carbons (Fsp3) is 0.385. The third kappa shape index (κ3) is 1.54. The van der Waals surface area contributed by atoms with E-state index in [2.05, 4.69) is 62.7 Å². The van der Waals surface area contributed by atoms with Gasteiger partial charge in [0.2, 0.25) is 0 Å². The van der Waals surface area contributed by atoms with Crippen LogP contribution in [0.15, 0.2) is 30.6 Å². The summed E-state index contributed by atoms with van der Waals surface area (Å²) in [4.78, 5) is 0. The van der Waals surface area contributed by atoms with Crippen molar-refractivity contribution < 1.29 is 0 Å². The minimum atomic E-state index is 0.236. The minimum absolute atomic E-state index is 0.236. The van der Waals surface area contributed by atoms with Crippen LogP contribution in [0.4, 0.5) is 0 Å². The monoisotopic (exact) mass is 187 g/mol. The molecule has 74 valence electrons. The molecule has 0 bridgehead atoms. The third-order valence-corrected chi connectivity index (χ3v) is 2.61. The molecule has 0 aliphatic carbocycles. The molecule has 1 nitrogen and oxygen atoms in total. The summed E-state index contributed by atoms with van der Waals surface area (Å²) in [5.41, 5.74) is 4.21. The van der Waals surface area contributed by atoms with Crippen molar-refractivity contribution in [2.24, 2.45) is 0 Å². The van der Waals surface area contributed by atoms with Crippen molar-refractivity contribution in [3.8, 4) is 0 Å². The maximum absolute atomic E-state index is 2.26. The molecule has 0 radical (unpaired) electrons. The topological polar surface area (TPSA) is 4.41 Å². The Kier molecular flexibility index (Phi) is 1.91. The second kappa shape index (κ2) is 2.88. The van der Waals surface area contributed by atoms with Crippen molar-refractivity contribution in [1.82, 2.24) is 4.40 Å². The van der Waals surface area contributed by atoms with Crippen LogP contribution < -0.4 is 0 Å². The fourth-order valence-electron chi connectivity index (χ4n) is 1.63. The maximum Gasteiger partial charge on any atom is 0.0453 e. The van der Waals surface area contributed by atoms with Crippen molar-refractivity contribution in [3.63, 3.8) is 0 Å². The highest BCUT2D eigenvalue weighted by Crippen LogP contribution is 2.24. The first-order chi connectivity index (χ1) is 6.47. The van der Waals surface area contributed by atoms with Gasteiger partial charge in [-0.25, -0.2) is 0 Å². The highest BCUT2D eigenvalue weighted by atomic mass is 14.9. The van der Waals surface area contributed by atoms with Gasteiger partial charge in [-0.2, -0.15) is 0 Å². The van der Waals surface area contributed by atoms with Crippen molar-refractivity contribution in [2.75, 3.05) is 0 Å². The van der Waals surface area contributed by atoms with E-state index in [1.165, 1.54) is 16.6 Å². The zero-order valence-electron chi connectivity index (χ0n) is 9.33. The van der Waals surface area contributed by atoms with Crippen LogP contribution in [-0.2, 0) is 5.41 Å². The molecule has 0 aliphatic rings. The normalized spacial score (nSPS) is 12.3. The number of aromatic nitrogens is 1. The van der Waals surface area contributed by atoms with Crippen LogP contribution in [0.5, 0.6) is 0 Å². The first-order valence-electron chi connectivity index (χ1n) is 5.06. The minimum Gasteiger partial charge on any atom is -0.323 e. The molecule has 1 heteroatoms. The predicted molar refractivity (Wildman–Crippen MR) is 60.8 cm³/mol. The van der Waals surface area contributed by atoms with E-state index in [9.17, 15) is 0 Å². The first-order valence-corrected chi connectivity index (χ1v) is 5.06. The van der Waals surface area contributed by atoms with Crippen LogP contribution in [0, 0.1) is 6.92 Å². The summed E-state index contributed by atoms with van der Waals surface area (Å²) in [6.07, 6.45) is 4.40. The van der Waals surface area contributed by atoms with Crippen LogP contribution in [0.1, 0.15) is 31.9 Å². The highest BCUT2D eigenvalue weighted by Gasteiger charge is 2.15. The van der Waals surface area contributed by atoms with E-state index in [-0.39, 0.29) is 5.41 Å². The summed E-state index contributed by atoms with van der Waals surface area (Å²) in [5.74, 6) is 0. The molecular formula is C13H17N. The van der Waals surface area contributed by atoms with Gasteiger partial charge in [0.25, 0.3) is 0 Å². The molecule has 0 amide bonds. The molecule has 0 saturated heterocycles. The molecule has 2 aromatic heterocycles. The summed E-state index contributed by atoms with van der Waals surface area (Å²) in [6.45, 7) is 8.86. The Morgan fingerprint density at radius 2 is 1.79 bits per heavy atom. The lowest BCUT2D eigenvalue weighted by atomic mass is 9.89. The SMILES string of the molecule is Cc1ccc2cc(C(C)(C)C)cn2c1. The first kappa shape index (κ1) is 9.32. The molecule has 0 spiro atoms. The number of aryl methyl sites for hydroxylation is 1. The van der Waals surface area contributed by atoms with Gasteiger partial charge in [-0.3, -0.25) is 0 Å². The third-order valence-electron chi connectivity index (χ3n) is 2.61. The summed E-state index contributed by atoms with van der Waals surface area (Å²) < 4.78 is 2.20. The van der Waals surface area contributed by atoms with Crippen LogP contribution in [0.3, 0.4) is 0 Å². The van der Waals surface area contributed by atoms with Crippen molar-refractivity contribution >= 4 is 5.52 Å². The van der Waals surface area contributed by atoms with E-state index >= 15 is 0 Å². The Morgan fingerprint density at radius 3 is 2.43 bits per heavy atom. The van der Waals surface area contributed by atoms with Crippen molar-refractivity contribution in [2.45, 2.75) is 33.1 Å². The predicted octanol–water partition coefficient (Wildman–Crippen LogP) is 3.55. The van der Waals surface area contributed by atoms with E-state index in [1.54, 1.807) is 0 Å². The number of hydrogen-bond donors (Lipinski definition) is 0. The molecule has 0 unspecified atom stereocenters. The Morgan fingerprint density at radius 1 is 1.07 bits per heavy atom. The van der Waals surface area contributed by atoms with Gasteiger partial charge in [0.1, 0.15) is 0 Å². The van der Waals surface area contributed by atoms with Crippen LogP contribution >= 0.6 is 0 Å². The fourth-order valence-corrected chi connectivity index (χ4v) is 1.63. The number of rotatable bonds is 0. The summed E-state index contributed by atoms with van der Waals surface area (Å²) in [6, 6.07) is 6.59. The van der Waals surface area contributed by atoms with Crippen molar-refractivity contribution in [3.05, 3.63) is 41.7 Å². The van der Waals surface area contributed by atoms with Crippen LogP contribution in [0.25, 0.3) is 5.52 Å². The second-order valence-electron chi connectivity index (χ2n) is 5.02. The number of nitrogens with zero attached hydrogens (tertiary/aromatic N) is 1. The lowest BCUT2D eigenvalue weighted by Crippen LogP contribution is -2.09. The van der Waals surface area contributed by atoms with Gasteiger partial charge in [-0.15, -0.1) is 0 Å². The van der Waals surface area contributed by atoms with Gasteiger partial charge >= 0.3 is 0 Å². The average molecular weight is 187 g/mol. The summed E-state index contributed by atoms with van der Waals surface area (Å²) in [7, 11) is 0. The van der Waals surface area contributed by atoms with Crippen LogP contribution in [-0.4, -0.2) is 4.40 Å². The Labute approximate surface area is 85.4 Å². The molecule has 0 fully saturated rings. The zero-order valence-corrected chi connectivity index (χ0v) is 9.33.